The highest BCUT2D eigenvalue weighted by molar-refractivity contribution is 5.87. The highest BCUT2D eigenvalue weighted by Gasteiger charge is 2.22. The summed E-state index contributed by atoms with van der Waals surface area (Å²) >= 11 is 0. The van der Waals surface area contributed by atoms with Crippen molar-refractivity contribution in [1.29, 1.82) is 0 Å². The first-order chi connectivity index (χ1) is 8.91. The highest BCUT2D eigenvalue weighted by atomic mass is 16.2. The summed E-state index contributed by atoms with van der Waals surface area (Å²) in [5, 5.41) is 2.87. The van der Waals surface area contributed by atoms with E-state index in [1.807, 2.05) is 44.2 Å². The van der Waals surface area contributed by atoms with Gasteiger partial charge in [-0.05, 0) is 11.5 Å². The fourth-order valence-corrected chi connectivity index (χ4v) is 1.87. The molecule has 104 valence electrons. The molecule has 5 N–H and O–H groups in total. The topological polar surface area (TPSA) is 98.2 Å². The van der Waals surface area contributed by atoms with E-state index in [1.54, 1.807) is 0 Å². The standard InChI is InChI=1S/C14H21N3O2/c1-9(2)13(10-6-4-3-5-7-10)17-14(19)11(15)8-12(16)18/h3-7,9,11,13H,8,15H2,1-2H3,(H2,16,18)(H,17,19). The van der Waals surface area contributed by atoms with Crippen LogP contribution < -0.4 is 16.8 Å². The number of amides is 2. The van der Waals surface area contributed by atoms with E-state index in [4.69, 9.17) is 11.5 Å². The number of carbonyl (C=O) groups is 2. The van der Waals surface area contributed by atoms with Crippen molar-refractivity contribution in [2.24, 2.45) is 17.4 Å². The summed E-state index contributed by atoms with van der Waals surface area (Å²) < 4.78 is 0. The molecular weight excluding hydrogens is 242 g/mol. The normalized spacial score (nSPS) is 13.9. The second-order valence-corrected chi connectivity index (χ2v) is 4.92. The summed E-state index contributed by atoms with van der Waals surface area (Å²) in [6.07, 6.45) is -0.147. The third-order valence-electron chi connectivity index (χ3n) is 2.88. The summed E-state index contributed by atoms with van der Waals surface area (Å²) in [4.78, 5) is 22.7. The molecule has 0 aliphatic heterocycles. The molecule has 1 aromatic carbocycles. The lowest BCUT2D eigenvalue weighted by Crippen LogP contribution is -2.45. The van der Waals surface area contributed by atoms with Gasteiger partial charge in [0.15, 0.2) is 0 Å². The van der Waals surface area contributed by atoms with Crippen molar-refractivity contribution < 1.29 is 9.59 Å². The van der Waals surface area contributed by atoms with Gasteiger partial charge in [0.2, 0.25) is 11.8 Å². The Morgan fingerprint density at radius 3 is 2.26 bits per heavy atom. The molecule has 0 aliphatic rings. The third kappa shape index (κ3) is 4.71. The van der Waals surface area contributed by atoms with Crippen LogP contribution in [0.1, 0.15) is 31.9 Å². The molecule has 2 amide bonds. The maximum absolute atomic E-state index is 11.9. The Kier molecular flexibility index (Phi) is 5.51. The Morgan fingerprint density at radius 1 is 1.21 bits per heavy atom. The van der Waals surface area contributed by atoms with Crippen molar-refractivity contribution in [2.45, 2.75) is 32.4 Å². The molecule has 0 radical (unpaired) electrons. The molecule has 19 heavy (non-hydrogen) atoms. The molecule has 0 saturated carbocycles. The van der Waals surface area contributed by atoms with E-state index >= 15 is 0 Å². The summed E-state index contributed by atoms with van der Waals surface area (Å²) in [6, 6.07) is 8.62. The molecule has 2 unspecified atom stereocenters. The van der Waals surface area contributed by atoms with Crippen LogP contribution in [-0.2, 0) is 9.59 Å². The van der Waals surface area contributed by atoms with Crippen LogP contribution >= 0.6 is 0 Å². The van der Waals surface area contributed by atoms with Gasteiger partial charge in [-0.1, -0.05) is 44.2 Å². The number of benzene rings is 1. The number of hydrogen-bond donors (Lipinski definition) is 3. The minimum atomic E-state index is -0.900. The predicted octanol–water partition coefficient (Wildman–Crippen LogP) is 0.703. The highest BCUT2D eigenvalue weighted by Crippen LogP contribution is 2.21. The molecule has 0 saturated heterocycles. The van der Waals surface area contributed by atoms with E-state index in [9.17, 15) is 9.59 Å². The van der Waals surface area contributed by atoms with Gasteiger partial charge in [0.25, 0.3) is 0 Å². The Balaban J connectivity index is 2.75. The first-order valence-corrected chi connectivity index (χ1v) is 6.31. The fourth-order valence-electron chi connectivity index (χ4n) is 1.87. The molecule has 2 atom stereocenters. The zero-order valence-corrected chi connectivity index (χ0v) is 11.3. The Morgan fingerprint density at radius 2 is 1.79 bits per heavy atom. The minimum absolute atomic E-state index is 0.132. The second kappa shape index (κ2) is 6.89. The molecule has 5 heteroatoms. The number of hydrogen-bond acceptors (Lipinski definition) is 3. The van der Waals surface area contributed by atoms with E-state index in [0.29, 0.717) is 0 Å². The average molecular weight is 263 g/mol. The van der Waals surface area contributed by atoms with E-state index in [0.717, 1.165) is 5.56 Å². The maximum atomic E-state index is 11.9. The quantitative estimate of drug-likeness (QED) is 0.704. The summed E-state index contributed by atoms with van der Waals surface area (Å²) in [6.45, 7) is 4.02. The molecule has 0 fully saturated rings. The van der Waals surface area contributed by atoms with Crippen LogP contribution in [-0.4, -0.2) is 17.9 Å². The van der Waals surface area contributed by atoms with Crippen LogP contribution in [0.25, 0.3) is 0 Å². The summed E-state index contributed by atoms with van der Waals surface area (Å²) in [7, 11) is 0. The van der Waals surface area contributed by atoms with E-state index in [-0.39, 0.29) is 24.3 Å². The summed E-state index contributed by atoms with van der Waals surface area (Å²) in [5.74, 6) is -0.725. The Bertz CT molecular complexity index is 432. The lowest BCUT2D eigenvalue weighted by atomic mass is 9.95. The maximum Gasteiger partial charge on any atom is 0.237 e. The van der Waals surface area contributed by atoms with Crippen LogP contribution in [0.3, 0.4) is 0 Å². The van der Waals surface area contributed by atoms with Gasteiger partial charge in [0.1, 0.15) is 0 Å². The molecule has 0 aliphatic carbocycles. The number of nitrogens with two attached hydrogens (primary N) is 2. The monoisotopic (exact) mass is 263 g/mol. The van der Waals surface area contributed by atoms with Gasteiger partial charge < -0.3 is 16.8 Å². The molecule has 5 nitrogen and oxygen atoms in total. The Hall–Kier alpha value is -1.88. The van der Waals surface area contributed by atoms with Crippen molar-refractivity contribution in [2.75, 3.05) is 0 Å². The minimum Gasteiger partial charge on any atom is -0.370 e. The molecule has 0 spiro atoms. The van der Waals surface area contributed by atoms with Crippen molar-refractivity contribution in [3.8, 4) is 0 Å². The van der Waals surface area contributed by atoms with Crippen LogP contribution in [0.4, 0.5) is 0 Å². The van der Waals surface area contributed by atoms with Gasteiger partial charge in [0, 0.05) is 0 Å². The van der Waals surface area contributed by atoms with Crippen LogP contribution in [0.15, 0.2) is 30.3 Å². The predicted molar refractivity (Wildman–Crippen MR) is 74.0 cm³/mol. The molecule has 0 aromatic heterocycles. The van der Waals surface area contributed by atoms with Crippen molar-refractivity contribution >= 4 is 11.8 Å². The molecular formula is C14H21N3O2. The van der Waals surface area contributed by atoms with Crippen LogP contribution in [0.5, 0.6) is 0 Å². The lowest BCUT2D eigenvalue weighted by Gasteiger charge is -2.24. The number of primary amides is 1. The molecule has 1 rings (SSSR count). The smallest absolute Gasteiger partial charge is 0.237 e. The number of carbonyl (C=O) groups excluding carboxylic acids is 2. The SMILES string of the molecule is CC(C)C(NC(=O)C(N)CC(N)=O)c1ccccc1. The van der Waals surface area contributed by atoms with E-state index < -0.39 is 11.9 Å². The average Bonchev–Trinajstić information content (AvgIpc) is 2.35. The number of rotatable bonds is 6. The first-order valence-electron chi connectivity index (χ1n) is 6.31. The van der Waals surface area contributed by atoms with Gasteiger partial charge in [-0.15, -0.1) is 0 Å². The third-order valence-corrected chi connectivity index (χ3v) is 2.88. The van der Waals surface area contributed by atoms with Crippen LogP contribution in [0, 0.1) is 5.92 Å². The summed E-state index contributed by atoms with van der Waals surface area (Å²) in [5.41, 5.74) is 11.7. The van der Waals surface area contributed by atoms with Gasteiger partial charge in [-0.3, -0.25) is 9.59 Å². The molecule has 0 heterocycles. The van der Waals surface area contributed by atoms with Crippen LogP contribution in [0.2, 0.25) is 0 Å². The zero-order valence-electron chi connectivity index (χ0n) is 11.3. The van der Waals surface area contributed by atoms with Crippen molar-refractivity contribution in [3.63, 3.8) is 0 Å². The number of nitrogens with one attached hydrogen (secondary N) is 1. The molecule has 0 bridgehead atoms. The van der Waals surface area contributed by atoms with Gasteiger partial charge in [-0.25, -0.2) is 0 Å². The fraction of sp³-hybridized carbons (Fsp3) is 0.429. The van der Waals surface area contributed by atoms with Gasteiger partial charge in [0.05, 0.1) is 18.5 Å². The lowest BCUT2D eigenvalue weighted by molar-refractivity contribution is -0.127. The van der Waals surface area contributed by atoms with Crippen molar-refractivity contribution in [3.05, 3.63) is 35.9 Å². The second-order valence-electron chi connectivity index (χ2n) is 4.92. The van der Waals surface area contributed by atoms with E-state index in [2.05, 4.69) is 5.32 Å². The largest absolute Gasteiger partial charge is 0.370 e. The Labute approximate surface area is 113 Å². The van der Waals surface area contributed by atoms with Gasteiger partial charge in [-0.2, -0.15) is 0 Å². The van der Waals surface area contributed by atoms with Crippen molar-refractivity contribution in [1.82, 2.24) is 5.32 Å². The zero-order chi connectivity index (χ0) is 14.4. The van der Waals surface area contributed by atoms with E-state index in [1.165, 1.54) is 0 Å². The molecule has 1 aromatic rings. The first kappa shape index (κ1) is 15.2. The van der Waals surface area contributed by atoms with Gasteiger partial charge >= 0.3 is 0 Å².